The quantitative estimate of drug-likeness (QED) is 0.556. The Kier molecular flexibility index (Phi) is 5.66. The molecule has 1 aliphatic heterocycles. The molecular weight excluding hydrogens is 328 g/mol. The number of phenolic OH excluding ortho intramolecular Hbond substituents is 1. The summed E-state index contributed by atoms with van der Waals surface area (Å²) in [7, 11) is 1.33. The minimum Gasteiger partial charge on any atom is -0.504 e. The number of phenols is 1. The SMILES string of the molecule is COC(=O)C1=C(C)NC(=S)NC1c1ccc(OCC(C)C)c(O)c1. The van der Waals surface area contributed by atoms with E-state index in [1.807, 2.05) is 13.8 Å². The second kappa shape index (κ2) is 7.53. The zero-order valence-electron chi connectivity index (χ0n) is 14.2. The average molecular weight is 350 g/mol. The Hall–Kier alpha value is -2.28. The molecule has 1 atom stereocenters. The minimum absolute atomic E-state index is 0.0151. The zero-order valence-corrected chi connectivity index (χ0v) is 15.0. The Bertz CT molecular complexity index is 685. The van der Waals surface area contributed by atoms with Gasteiger partial charge in [0.25, 0.3) is 0 Å². The van der Waals surface area contributed by atoms with Gasteiger partial charge in [-0.3, -0.25) is 0 Å². The van der Waals surface area contributed by atoms with Crippen molar-refractivity contribution in [3.05, 3.63) is 35.0 Å². The van der Waals surface area contributed by atoms with E-state index in [-0.39, 0.29) is 5.75 Å². The molecule has 1 heterocycles. The molecule has 1 aliphatic rings. The number of methoxy groups -OCH3 is 1. The van der Waals surface area contributed by atoms with E-state index in [4.69, 9.17) is 21.7 Å². The van der Waals surface area contributed by atoms with Crippen molar-refractivity contribution < 1.29 is 19.4 Å². The van der Waals surface area contributed by atoms with Crippen LogP contribution in [0.4, 0.5) is 0 Å². The van der Waals surface area contributed by atoms with E-state index in [0.29, 0.717) is 40.2 Å². The van der Waals surface area contributed by atoms with E-state index in [9.17, 15) is 9.90 Å². The van der Waals surface area contributed by atoms with Gasteiger partial charge in [0.1, 0.15) is 0 Å². The molecule has 0 fully saturated rings. The number of aromatic hydroxyl groups is 1. The Morgan fingerprint density at radius 3 is 2.71 bits per heavy atom. The molecule has 24 heavy (non-hydrogen) atoms. The van der Waals surface area contributed by atoms with E-state index in [1.165, 1.54) is 7.11 Å². The Morgan fingerprint density at radius 1 is 1.42 bits per heavy atom. The summed E-state index contributed by atoms with van der Waals surface area (Å²) in [5.41, 5.74) is 1.73. The summed E-state index contributed by atoms with van der Waals surface area (Å²) in [4.78, 5) is 12.1. The summed E-state index contributed by atoms with van der Waals surface area (Å²) >= 11 is 5.17. The predicted octanol–water partition coefficient (Wildman–Crippen LogP) is 2.39. The molecule has 1 unspecified atom stereocenters. The van der Waals surface area contributed by atoms with Gasteiger partial charge in [-0.15, -0.1) is 0 Å². The molecule has 0 radical (unpaired) electrons. The third kappa shape index (κ3) is 3.97. The van der Waals surface area contributed by atoms with Crippen LogP contribution in [-0.4, -0.2) is 29.9 Å². The van der Waals surface area contributed by atoms with Crippen LogP contribution in [-0.2, 0) is 9.53 Å². The zero-order chi connectivity index (χ0) is 17.9. The van der Waals surface area contributed by atoms with E-state index >= 15 is 0 Å². The number of rotatable bonds is 5. The van der Waals surface area contributed by atoms with Gasteiger partial charge in [-0.1, -0.05) is 19.9 Å². The maximum absolute atomic E-state index is 12.1. The van der Waals surface area contributed by atoms with Crippen LogP contribution in [0.25, 0.3) is 0 Å². The number of esters is 1. The molecule has 0 aromatic heterocycles. The van der Waals surface area contributed by atoms with Crippen molar-refractivity contribution in [2.45, 2.75) is 26.8 Å². The number of nitrogens with one attached hydrogen (secondary N) is 2. The second-order valence-corrected chi connectivity index (χ2v) is 6.40. The number of ether oxygens (including phenoxy) is 2. The second-order valence-electron chi connectivity index (χ2n) is 5.99. The van der Waals surface area contributed by atoms with E-state index in [0.717, 1.165) is 0 Å². The van der Waals surface area contributed by atoms with Crippen LogP contribution in [0.1, 0.15) is 32.4 Å². The van der Waals surface area contributed by atoms with Crippen LogP contribution < -0.4 is 15.4 Å². The lowest BCUT2D eigenvalue weighted by Gasteiger charge is -2.29. The third-order valence-electron chi connectivity index (χ3n) is 3.56. The minimum atomic E-state index is -0.503. The Balaban J connectivity index is 2.35. The highest BCUT2D eigenvalue weighted by atomic mass is 32.1. The summed E-state index contributed by atoms with van der Waals surface area (Å²) in [5.74, 6) is 0.314. The molecule has 0 saturated heterocycles. The van der Waals surface area contributed by atoms with Crippen LogP contribution in [0, 0.1) is 5.92 Å². The maximum atomic E-state index is 12.1. The van der Waals surface area contributed by atoms with Crippen LogP contribution in [0.15, 0.2) is 29.5 Å². The number of hydrogen-bond donors (Lipinski definition) is 3. The van der Waals surface area contributed by atoms with Crippen LogP contribution in [0.2, 0.25) is 0 Å². The first-order valence-corrected chi connectivity index (χ1v) is 8.06. The van der Waals surface area contributed by atoms with Gasteiger partial charge in [0.2, 0.25) is 0 Å². The molecule has 1 aromatic rings. The van der Waals surface area contributed by atoms with Crippen LogP contribution in [0.3, 0.4) is 0 Å². The van der Waals surface area contributed by atoms with Crippen LogP contribution >= 0.6 is 12.2 Å². The van der Waals surface area contributed by atoms with Gasteiger partial charge in [0.05, 0.1) is 25.3 Å². The number of carbonyl (C=O) groups excluding carboxylic acids is 1. The lowest BCUT2D eigenvalue weighted by atomic mass is 9.95. The van der Waals surface area contributed by atoms with Crippen LogP contribution in [0.5, 0.6) is 11.5 Å². The van der Waals surface area contributed by atoms with Gasteiger partial charge in [-0.05, 0) is 42.8 Å². The van der Waals surface area contributed by atoms with Crippen molar-refractivity contribution >= 4 is 23.3 Å². The lowest BCUT2D eigenvalue weighted by molar-refractivity contribution is -0.136. The molecule has 0 spiro atoms. The number of thiocarbonyl (C=S) groups is 1. The topological polar surface area (TPSA) is 79.8 Å². The van der Waals surface area contributed by atoms with Crippen molar-refractivity contribution in [1.82, 2.24) is 10.6 Å². The summed E-state index contributed by atoms with van der Waals surface area (Å²) in [6.07, 6.45) is 0. The van der Waals surface area contributed by atoms with Crippen molar-refractivity contribution in [2.24, 2.45) is 5.92 Å². The molecular formula is C17H22N2O4S. The first-order chi connectivity index (χ1) is 11.3. The largest absolute Gasteiger partial charge is 0.504 e. The molecule has 130 valence electrons. The fourth-order valence-corrected chi connectivity index (χ4v) is 2.69. The highest BCUT2D eigenvalue weighted by Crippen LogP contribution is 2.34. The average Bonchev–Trinajstić information content (AvgIpc) is 2.52. The Morgan fingerprint density at radius 2 is 2.12 bits per heavy atom. The fraction of sp³-hybridized carbons (Fsp3) is 0.412. The van der Waals surface area contributed by atoms with Gasteiger partial charge in [0.15, 0.2) is 16.6 Å². The van der Waals surface area contributed by atoms with Gasteiger partial charge < -0.3 is 25.2 Å². The van der Waals surface area contributed by atoms with Crippen molar-refractivity contribution in [1.29, 1.82) is 0 Å². The lowest BCUT2D eigenvalue weighted by Crippen LogP contribution is -2.45. The van der Waals surface area contributed by atoms with Gasteiger partial charge in [-0.25, -0.2) is 4.79 Å². The fourth-order valence-electron chi connectivity index (χ4n) is 2.42. The Labute approximate surface area is 146 Å². The van der Waals surface area contributed by atoms with E-state index in [2.05, 4.69) is 10.6 Å². The smallest absolute Gasteiger partial charge is 0.337 e. The number of carbonyl (C=O) groups is 1. The van der Waals surface area contributed by atoms with Gasteiger partial charge in [-0.2, -0.15) is 0 Å². The van der Waals surface area contributed by atoms with Crippen molar-refractivity contribution in [2.75, 3.05) is 13.7 Å². The standard InChI is InChI=1S/C17H22N2O4S/c1-9(2)8-23-13-6-5-11(7-12(13)20)15-14(16(21)22-4)10(3)18-17(24)19-15/h5-7,9,15,20H,8H2,1-4H3,(H2,18,19,24). The molecule has 1 aromatic carbocycles. The molecule has 0 amide bonds. The maximum Gasteiger partial charge on any atom is 0.337 e. The first-order valence-electron chi connectivity index (χ1n) is 7.65. The summed E-state index contributed by atoms with van der Waals surface area (Å²) in [6, 6.07) is 4.54. The number of benzene rings is 1. The van der Waals surface area contributed by atoms with E-state index in [1.54, 1.807) is 25.1 Å². The highest BCUT2D eigenvalue weighted by Gasteiger charge is 2.31. The molecule has 0 aliphatic carbocycles. The highest BCUT2D eigenvalue weighted by molar-refractivity contribution is 7.80. The summed E-state index contributed by atoms with van der Waals surface area (Å²) < 4.78 is 10.4. The molecule has 0 bridgehead atoms. The first kappa shape index (κ1) is 18.1. The molecule has 7 heteroatoms. The number of allylic oxidation sites excluding steroid dienone is 1. The number of hydrogen-bond acceptors (Lipinski definition) is 5. The van der Waals surface area contributed by atoms with Gasteiger partial charge >= 0.3 is 5.97 Å². The molecule has 2 rings (SSSR count). The molecule has 3 N–H and O–H groups in total. The third-order valence-corrected chi connectivity index (χ3v) is 3.78. The summed E-state index contributed by atoms with van der Waals surface area (Å²) in [5, 5.41) is 16.6. The monoisotopic (exact) mass is 350 g/mol. The predicted molar refractivity (Wildman–Crippen MR) is 94.8 cm³/mol. The summed E-state index contributed by atoms with van der Waals surface area (Å²) in [6.45, 7) is 6.32. The van der Waals surface area contributed by atoms with Gasteiger partial charge in [0, 0.05) is 5.70 Å². The molecule has 0 saturated carbocycles. The normalized spacial score (nSPS) is 17.4. The van der Waals surface area contributed by atoms with Crippen molar-refractivity contribution in [3.63, 3.8) is 0 Å². The van der Waals surface area contributed by atoms with Crippen molar-refractivity contribution in [3.8, 4) is 11.5 Å². The van der Waals surface area contributed by atoms with E-state index < -0.39 is 12.0 Å². The molecule has 6 nitrogen and oxygen atoms in total.